The molecule has 1 nitrogen and oxygen atoms in total. The van der Waals surface area contributed by atoms with Crippen LogP contribution in [-0.4, -0.2) is 12.6 Å². The van der Waals surface area contributed by atoms with Crippen LogP contribution in [0.15, 0.2) is 18.2 Å². The van der Waals surface area contributed by atoms with Crippen LogP contribution >= 0.6 is 0 Å². The van der Waals surface area contributed by atoms with Crippen LogP contribution in [0, 0.1) is 5.82 Å². The molecule has 1 aromatic carbocycles. The number of hydrogen-bond acceptors (Lipinski definition) is 1. The van der Waals surface area contributed by atoms with Crippen molar-refractivity contribution in [3.63, 3.8) is 0 Å². The Kier molecular flexibility index (Phi) is 4.16. The van der Waals surface area contributed by atoms with Crippen molar-refractivity contribution in [1.82, 2.24) is 5.32 Å². The average molecular weight is 235 g/mol. The van der Waals surface area contributed by atoms with Gasteiger partial charge in [-0.1, -0.05) is 32.4 Å². The van der Waals surface area contributed by atoms with Gasteiger partial charge in [-0.2, -0.15) is 0 Å². The molecule has 0 heterocycles. The second kappa shape index (κ2) is 5.63. The summed E-state index contributed by atoms with van der Waals surface area (Å²) in [6.07, 6.45) is 4.35. The summed E-state index contributed by atoms with van der Waals surface area (Å²) in [7, 11) is 0. The molecule has 0 aliphatic heterocycles. The largest absolute Gasteiger partial charge is 0.314 e. The van der Waals surface area contributed by atoms with Gasteiger partial charge in [-0.25, -0.2) is 4.39 Å². The molecule has 0 bridgehead atoms. The predicted octanol–water partition coefficient (Wildman–Crippen LogP) is 3.63. The van der Waals surface area contributed by atoms with Crippen molar-refractivity contribution < 1.29 is 4.39 Å². The first-order valence-electron chi connectivity index (χ1n) is 6.78. The fraction of sp³-hybridized carbons (Fsp3) is 0.600. The fourth-order valence-corrected chi connectivity index (χ4v) is 3.08. The molecule has 17 heavy (non-hydrogen) atoms. The summed E-state index contributed by atoms with van der Waals surface area (Å²) in [5.74, 6) is 0.484. The number of nitrogens with one attached hydrogen (secondary N) is 1. The van der Waals surface area contributed by atoms with Gasteiger partial charge in [0.05, 0.1) is 0 Å². The van der Waals surface area contributed by atoms with E-state index in [2.05, 4.69) is 25.2 Å². The van der Waals surface area contributed by atoms with Gasteiger partial charge in [0, 0.05) is 6.04 Å². The number of likely N-dealkylation sites (N-methyl/N-ethyl adjacent to an activating group) is 1. The van der Waals surface area contributed by atoms with E-state index in [1.165, 1.54) is 18.4 Å². The maximum atomic E-state index is 13.7. The molecule has 1 aliphatic carbocycles. The van der Waals surface area contributed by atoms with E-state index >= 15 is 0 Å². The minimum atomic E-state index is -0.0169. The monoisotopic (exact) mass is 235 g/mol. The Morgan fingerprint density at radius 2 is 2.24 bits per heavy atom. The Morgan fingerprint density at radius 1 is 1.41 bits per heavy atom. The van der Waals surface area contributed by atoms with E-state index in [1.54, 1.807) is 6.07 Å². The number of hydrogen-bond donors (Lipinski definition) is 1. The normalized spacial score (nSPS) is 20.3. The van der Waals surface area contributed by atoms with Crippen LogP contribution < -0.4 is 5.32 Å². The third kappa shape index (κ3) is 2.52. The van der Waals surface area contributed by atoms with Crippen molar-refractivity contribution >= 4 is 0 Å². The highest BCUT2D eigenvalue weighted by Crippen LogP contribution is 2.37. The molecule has 0 fully saturated rings. The first kappa shape index (κ1) is 12.6. The van der Waals surface area contributed by atoms with E-state index in [0.29, 0.717) is 12.0 Å². The van der Waals surface area contributed by atoms with Crippen molar-refractivity contribution in [1.29, 1.82) is 0 Å². The van der Waals surface area contributed by atoms with Crippen molar-refractivity contribution in [2.75, 3.05) is 6.54 Å². The van der Waals surface area contributed by atoms with E-state index in [-0.39, 0.29) is 5.82 Å². The number of rotatable bonds is 5. The zero-order chi connectivity index (χ0) is 12.3. The van der Waals surface area contributed by atoms with E-state index in [4.69, 9.17) is 0 Å². The highest BCUT2D eigenvalue weighted by Gasteiger charge is 2.30. The molecule has 1 aromatic rings. The summed E-state index contributed by atoms with van der Waals surface area (Å²) < 4.78 is 13.7. The van der Waals surface area contributed by atoms with Gasteiger partial charge in [-0.15, -0.1) is 0 Å². The van der Waals surface area contributed by atoms with Crippen LogP contribution in [-0.2, 0) is 6.42 Å². The lowest BCUT2D eigenvalue weighted by Crippen LogP contribution is -2.33. The molecule has 94 valence electrons. The second-order valence-electron chi connectivity index (χ2n) is 4.91. The van der Waals surface area contributed by atoms with Crippen LogP contribution in [0.25, 0.3) is 0 Å². The van der Waals surface area contributed by atoms with E-state index in [1.807, 2.05) is 6.07 Å². The molecule has 2 atom stereocenters. The van der Waals surface area contributed by atoms with Crippen molar-refractivity contribution in [3.8, 4) is 0 Å². The number of benzene rings is 1. The van der Waals surface area contributed by atoms with Gasteiger partial charge in [0.15, 0.2) is 0 Å². The van der Waals surface area contributed by atoms with Gasteiger partial charge in [0.25, 0.3) is 0 Å². The Balaban J connectivity index is 2.22. The van der Waals surface area contributed by atoms with Gasteiger partial charge >= 0.3 is 0 Å². The third-order valence-electron chi connectivity index (χ3n) is 3.81. The lowest BCUT2D eigenvalue weighted by molar-refractivity contribution is 0.410. The predicted molar refractivity (Wildman–Crippen MR) is 69.8 cm³/mol. The Labute approximate surface area is 103 Å². The second-order valence-corrected chi connectivity index (χ2v) is 4.91. The number of halogens is 1. The smallest absolute Gasteiger partial charge is 0.126 e. The summed E-state index contributed by atoms with van der Waals surface area (Å²) in [5, 5.41) is 3.56. The van der Waals surface area contributed by atoms with Crippen LogP contribution in [0.4, 0.5) is 4.39 Å². The highest BCUT2D eigenvalue weighted by molar-refractivity contribution is 5.37. The maximum Gasteiger partial charge on any atom is 0.126 e. The van der Waals surface area contributed by atoms with Crippen molar-refractivity contribution in [2.24, 2.45) is 0 Å². The Morgan fingerprint density at radius 3 is 2.94 bits per heavy atom. The lowest BCUT2D eigenvalue weighted by Gasteiger charge is -2.25. The molecule has 2 unspecified atom stereocenters. The molecule has 0 spiro atoms. The standard InChI is InChI=1S/C15H22FN/c1-3-6-15(17-4-2)13-10-9-12-11(13)7-5-8-14(12)16/h5,7-8,13,15,17H,3-4,6,9-10H2,1-2H3. The van der Waals surface area contributed by atoms with Crippen LogP contribution in [0.5, 0.6) is 0 Å². The first-order valence-corrected chi connectivity index (χ1v) is 6.78. The van der Waals surface area contributed by atoms with Gasteiger partial charge in [0.2, 0.25) is 0 Å². The minimum Gasteiger partial charge on any atom is -0.314 e. The molecule has 0 aromatic heterocycles. The Bertz CT molecular complexity index is 369. The molecular weight excluding hydrogens is 213 g/mol. The molecule has 0 amide bonds. The van der Waals surface area contributed by atoms with Gasteiger partial charge < -0.3 is 5.32 Å². The zero-order valence-corrected chi connectivity index (χ0v) is 10.8. The van der Waals surface area contributed by atoms with Crippen LogP contribution in [0.2, 0.25) is 0 Å². The molecule has 0 saturated carbocycles. The van der Waals surface area contributed by atoms with Gasteiger partial charge in [-0.3, -0.25) is 0 Å². The average Bonchev–Trinajstić information content (AvgIpc) is 2.74. The molecule has 1 aliphatic rings. The number of fused-ring (bicyclic) bond motifs is 1. The minimum absolute atomic E-state index is 0.0169. The molecule has 0 radical (unpaired) electrons. The third-order valence-corrected chi connectivity index (χ3v) is 3.81. The summed E-state index contributed by atoms with van der Waals surface area (Å²) >= 11 is 0. The molecule has 2 rings (SSSR count). The molecule has 1 N–H and O–H groups in total. The van der Waals surface area contributed by atoms with Gasteiger partial charge in [0.1, 0.15) is 5.82 Å². The molecule has 2 heteroatoms. The lowest BCUT2D eigenvalue weighted by atomic mass is 9.90. The topological polar surface area (TPSA) is 12.0 Å². The van der Waals surface area contributed by atoms with Crippen molar-refractivity contribution in [3.05, 3.63) is 35.1 Å². The maximum absolute atomic E-state index is 13.7. The van der Waals surface area contributed by atoms with E-state index in [0.717, 1.165) is 24.9 Å². The Hall–Kier alpha value is -0.890. The summed E-state index contributed by atoms with van der Waals surface area (Å²) in [4.78, 5) is 0. The highest BCUT2D eigenvalue weighted by atomic mass is 19.1. The summed E-state index contributed by atoms with van der Waals surface area (Å²) in [5.41, 5.74) is 2.20. The van der Waals surface area contributed by atoms with Gasteiger partial charge in [-0.05, 0) is 48.9 Å². The molecular formula is C15H22FN. The molecule has 0 saturated heterocycles. The summed E-state index contributed by atoms with van der Waals surface area (Å²) in [6, 6.07) is 6.05. The summed E-state index contributed by atoms with van der Waals surface area (Å²) in [6.45, 7) is 5.35. The quantitative estimate of drug-likeness (QED) is 0.821. The fourth-order valence-electron chi connectivity index (χ4n) is 3.08. The van der Waals surface area contributed by atoms with Crippen LogP contribution in [0.1, 0.15) is 50.2 Å². The van der Waals surface area contributed by atoms with Crippen molar-refractivity contribution in [2.45, 2.75) is 51.5 Å². The van der Waals surface area contributed by atoms with E-state index in [9.17, 15) is 4.39 Å². The van der Waals surface area contributed by atoms with Crippen LogP contribution in [0.3, 0.4) is 0 Å². The van der Waals surface area contributed by atoms with E-state index < -0.39 is 0 Å². The first-order chi connectivity index (χ1) is 8.27. The SMILES string of the molecule is CCCC(NCC)C1CCc2c(F)cccc21. The zero-order valence-electron chi connectivity index (χ0n) is 10.8.